The average Bonchev–Trinajstić information content (AvgIpc) is 2.59. The third-order valence-corrected chi connectivity index (χ3v) is 3.27. The van der Waals surface area contributed by atoms with E-state index in [0.717, 1.165) is 0 Å². The van der Waals surface area contributed by atoms with Gasteiger partial charge in [-0.1, -0.05) is 31.5 Å². The predicted molar refractivity (Wildman–Crippen MR) is 94.1 cm³/mol. The van der Waals surface area contributed by atoms with Crippen molar-refractivity contribution >= 4 is 23.5 Å². The van der Waals surface area contributed by atoms with Gasteiger partial charge in [-0.3, -0.25) is 0 Å². The Morgan fingerprint density at radius 3 is 2.44 bits per heavy atom. The van der Waals surface area contributed by atoms with Crippen molar-refractivity contribution in [3.05, 3.63) is 59.1 Å². The average molecular weight is 363 g/mol. The summed E-state index contributed by atoms with van der Waals surface area (Å²) < 4.78 is 15.6. The zero-order chi connectivity index (χ0) is 18.2. The number of carbonyl (C=O) groups is 2. The molecule has 5 nitrogen and oxygen atoms in total. The fourth-order valence-corrected chi connectivity index (χ4v) is 1.97. The maximum atomic E-state index is 11.9. The highest BCUT2D eigenvalue weighted by molar-refractivity contribution is 6.30. The minimum Gasteiger partial charge on any atom is -0.482 e. The third-order valence-electron chi connectivity index (χ3n) is 3.02. The molecule has 0 bridgehead atoms. The summed E-state index contributed by atoms with van der Waals surface area (Å²) in [5.74, 6) is -0.0299. The third kappa shape index (κ3) is 6.47. The number of ether oxygens (including phenoxy) is 3. The van der Waals surface area contributed by atoms with E-state index >= 15 is 0 Å². The van der Waals surface area contributed by atoms with Gasteiger partial charge in [0.25, 0.3) is 0 Å². The van der Waals surface area contributed by atoms with Gasteiger partial charge >= 0.3 is 11.9 Å². The van der Waals surface area contributed by atoms with Crippen LogP contribution in [0, 0.1) is 5.92 Å². The Bertz CT molecular complexity index is 725. The Kier molecular flexibility index (Phi) is 6.83. The molecular weight excluding hydrogens is 344 g/mol. The molecule has 2 aromatic rings. The van der Waals surface area contributed by atoms with Crippen molar-refractivity contribution in [3.63, 3.8) is 0 Å². The van der Waals surface area contributed by atoms with E-state index in [2.05, 4.69) is 0 Å². The molecular formula is C19H19ClO5. The lowest BCUT2D eigenvalue weighted by atomic mass is 10.2. The van der Waals surface area contributed by atoms with Crippen molar-refractivity contribution in [2.75, 3.05) is 13.2 Å². The van der Waals surface area contributed by atoms with Crippen LogP contribution in [0.3, 0.4) is 0 Å². The monoisotopic (exact) mass is 362 g/mol. The summed E-state index contributed by atoms with van der Waals surface area (Å²) in [6.45, 7) is 3.97. The van der Waals surface area contributed by atoms with Crippen LogP contribution < -0.4 is 9.47 Å². The van der Waals surface area contributed by atoms with Gasteiger partial charge in [-0.15, -0.1) is 0 Å². The highest BCUT2D eigenvalue weighted by atomic mass is 35.5. The molecule has 25 heavy (non-hydrogen) atoms. The molecule has 0 unspecified atom stereocenters. The van der Waals surface area contributed by atoms with E-state index in [4.69, 9.17) is 25.8 Å². The number of esters is 2. The van der Waals surface area contributed by atoms with Crippen LogP contribution in [-0.2, 0) is 9.53 Å². The fraction of sp³-hybridized carbons (Fsp3) is 0.263. The maximum absolute atomic E-state index is 11.9. The summed E-state index contributed by atoms with van der Waals surface area (Å²) in [4.78, 5) is 23.8. The van der Waals surface area contributed by atoms with E-state index in [9.17, 15) is 9.59 Å². The second kappa shape index (κ2) is 9.08. The zero-order valence-corrected chi connectivity index (χ0v) is 14.8. The van der Waals surface area contributed by atoms with E-state index < -0.39 is 11.9 Å². The van der Waals surface area contributed by atoms with Crippen LogP contribution in [0.2, 0.25) is 5.02 Å². The van der Waals surface area contributed by atoms with Gasteiger partial charge in [-0.25, -0.2) is 9.59 Å². The Labute approximate surface area is 151 Å². The Hall–Kier alpha value is -2.53. The second-order valence-electron chi connectivity index (χ2n) is 5.74. The summed E-state index contributed by atoms with van der Waals surface area (Å²) in [6, 6.07) is 12.9. The molecule has 0 radical (unpaired) electrons. The topological polar surface area (TPSA) is 61.8 Å². The molecule has 6 heteroatoms. The van der Waals surface area contributed by atoms with Gasteiger partial charge in [0.2, 0.25) is 0 Å². The molecule has 0 amide bonds. The number of carbonyl (C=O) groups excluding carboxylic acids is 2. The summed E-state index contributed by atoms with van der Waals surface area (Å²) in [5.41, 5.74) is 0.324. The van der Waals surface area contributed by atoms with Crippen molar-refractivity contribution in [3.8, 4) is 11.5 Å². The molecule has 0 atom stereocenters. The normalized spacial score (nSPS) is 10.4. The first kappa shape index (κ1) is 18.8. The lowest BCUT2D eigenvalue weighted by molar-refractivity contribution is -0.136. The predicted octanol–water partition coefficient (Wildman–Crippen LogP) is 4.14. The van der Waals surface area contributed by atoms with Gasteiger partial charge in [-0.2, -0.15) is 0 Å². The minimum atomic E-state index is -0.581. The molecule has 132 valence electrons. The van der Waals surface area contributed by atoms with Crippen molar-refractivity contribution in [1.82, 2.24) is 0 Å². The van der Waals surface area contributed by atoms with Crippen molar-refractivity contribution in [1.29, 1.82) is 0 Å². The zero-order valence-electron chi connectivity index (χ0n) is 14.0. The van der Waals surface area contributed by atoms with Crippen molar-refractivity contribution in [2.45, 2.75) is 13.8 Å². The first-order valence-electron chi connectivity index (χ1n) is 7.80. The maximum Gasteiger partial charge on any atom is 0.349 e. The second-order valence-corrected chi connectivity index (χ2v) is 6.17. The molecule has 2 rings (SSSR count). The summed E-state index contributed by atoms with van der Waals surface area (Å²) in [7, 11) is 0. The first-order chi connectivity index (χ1) is 11.9. The Balaban J connectivity index is 1.88. The van der Waals surface area contributed by atoms with E-state index in [1.807, 2.05) is 13.8 Å². The molecule has 0 aromatic heterocycles. The summed E-state index contributed by atoms with van der Waals surface area (Å²) in [5, 5.41) is 0.580. The van der Waals surface area contributed by atoms with Crippen LogP contribution >= 0.6 is 11.6 Å². The highest BCUT2D eigenvalue weighted by Crippen LogP contribution is 2.17. The van der Waals surface area contributed by atoms with Gasteiger partial charge in [-0.05, 0) is 48.4 Å². The molecule has 0 spiro atoms. The SMILES string of the molecule is CC(C)COC(=O)c1cccc(OC(=O)COc2ccc(Cl)cc2)c1. The molecule has 0 aliphatic heterocycles. The lowest BCUT2D eigenvalue weighted by Crippen LogP contribution is -2.18. The van der Waals surface area contributed by atoms with Gasteiger partial charge < -0.3 is 14.2 Å². The van der Waals surface area contributed by atoms with Crippen LogP contribution in [0.5, 0.6) is 11.5 Å². The molecule has 0 N–H and O–H groups in total. The van der Waals surface area contributed by atoms with Crippen LogP contribution in [0.25, 0.3) is 0 Å². The van der Waals surface area contributed by atoms with Crippen LogP contribution in [-0.4, -0.2) is 25.2 Å². The van der Waals surface area contributed by atoms with Crippen LogP contribution in [0.15, 0.2) is 48.5 Å². The van der Waals surface area contributed by atoms with E-state index in [0.29, 0.717) is 22.9 Å². The quantitative estimate of drug-likeness (QED) is 0.547. The van der Waals surface area contributed by atoms with E-state index in [-0.39, 0.29) is 18.3 Å². The summed E-state index contributed by atoms with van der Waals surface area (Å²) >= 11 is 5.78. The molecule has 0 fully saturated rings. The van der Waals surface area contributed by atoms with Gasteiger partial charge in [0, 0.05) is 5.02 Å². The fourth-order valence-electron chi connectivity index (χ4n) is 1.85. The molecule has 0 aliphatic rings. The molecule has 0 heterocycles. The standard InChI is InChI=1S/C19H19ClO5/c1-13(2)11-24-19(22)14-4-3-5-17(10-14)25-18(21)12-23-16-8-6-15(20)7-9-16/h3-10,13H,11-12H2,1-2H3. The number of benzene rings is 2. The minimum absolute atomic E-state index is 0.245. The Morgan fingerprint density at radius 2 is 1.76 bits per heavy atom. The van der Waals surface area contributed by atoms with E-state index in [1.54, 1.807) is 42.5 Å². The highest BCUT2D eigenvalue weighted by Gasteiger charge is 2.11. The van der Waals surface area contributed by atoms with E-state index in [1.165, 1.54) is 6.07 Å². The number of rotatable bonds is 7. The van der Waals surface area contributed by atoms with Crippen molar-refractivity contribution in [2.24, 2.45) is 5.92 Å². The Morgan fingerprint density at radius 1 is 1.04 bits per heavy atom. The molecule has 0 aliphatic carbocycles. The molecule has 0 saturated carbocycles. The first-order valence-corrected chi connectivity index (χ1v) is 8.18. The van der Waals surface area contributed by atoms with Gasteiger partial charge in [0.05, 0.1) is 12.2 Å². The number of hydrogen-bond donors (Lipinski definition) is 0. The molecule has 2 aromatic carbocycles. The number of halogens is 1. The largest absolute Gasteiger partial charge is 0.482 e. The van der Waals surface area contributed by atoms with Gasteiger partial charge in [0.15, 0.2) is 6.61 Å². The van der Waals surface area contributed by atoms with Crippen molar-refractivity contribution < 1.29 is 23.8 Å². The smallest absolute Gasteiger partial charge is 0.349 e. The summed E-state index contributed by atoms with van der Waals surface area (Å²) in [6.07, 6.45) is 0. The van der Waals surface area contributed by atoms with Crippen LogP contribution in [0.1, 0.15) is 24.2 Å². The van der Waals surface area contributed by atoms with Crippen LogP contribution in [0.4, 0.5) is 0 Å². The van der Waals surface area contributed by atoms with Gasteiger partial charge in [0.1, 0.15) is 11.5 Å². The molecule has 0 saturated heterocycles. The lowest BCUT2D eigenvalue weighted by Gasteiger charge is -2.09. The number of hydrogen-bond acceptors (Lipinski definition) is 5.